The summed E-state index contributed by atoms with van der Waals surface area (Å²) in [4.78, 5) is 0. The zero-order chi connectivity index (χ0) is 6.97. The molecular formula is C8H20AlLiN2. The SMILES string of the molecule is CC1CC2CNCCC1N2.[AlH3].[LiH]. The van der Waals surface area contributed by atoms with Crippen molar-refractivity contribution in [1.29, 1.82) is 0 Å². The van der Waals surface area contributed by atoms with E-state index in [-0.39, 0.29) is 36.2 Å². The summed E-state index contributed by atoms with van der Waals surface area (Å²) >= 11 is 0. The zero-order valence-corrected chi connectivity index (χ0v) is 6.56. The Morgan fingerprint density at radius 1 is 1.33 bits per heavy atom. The van der Waals surface area contributed by atoms with Gasteiger partial charge in [0, 0.05) is 18.6 Å². The molecule has 2 saturated heterocycles. The molecule has 2 bridgehead atoms. The van der Waals surface area contributed by atoms with E-state index in [0.717, 1.165) is 18.0 Å². The Balaban J connectivity index is 0.000000605. The molecule has 4 heteroatoms. The first-order valence-corrected chi connectivity index (χ1v) is 4.33. The molecule has 0 aromatic heterocycles. The van der Waals surface area contributed by atoms with E-state index in [9.17, 15) is 0 Å². The molecule has 2 nitrogen and oxygen atoms in total. The van der Waals surface area contributed by atoms with Crippen molar-refractivity contribution in [3.63, 3.8) is 0 Å². The van der Waals surface area contributed by atoms with E-state index < -0.39 is 0 Å². The van der Waals surface area contributed by atoms with Crippen LogP contribution in [0.25, 0.3) is 0 Å². The van der Waals surface area contributed by atoms with Gasteiger partial charge in [0.25, 0.3) is 0 Å². The maximum atomic E-state index is 3.64. The van der Waals surface area contributed by atoms with Crippen molar-refractivity contribution in [2.24, 2.45) is 5.92 Å². The maximum absolute atomic E-state index is 3.64. The van der Waals surface area contributed by atoms with Crippen LogP contribution in [-0.2, 0) is 0 Å². The fourth-order valence-corrected chi connectivity index (χ4v) is 2.19. The standard InChI is InChI=1S/C8H16N2.Al.Li.4H/c1-6-4-7-5-9-3-2-8(6)10-7;;;;;;/h6-10H,2-5H2,1H3;;;;;;. The van der Waals surface area contributed by atoms with E-state index in [4.69, 9.17) is 0 Å². The van der Waals surface area contributed by atoms with Gasteiger partial charge >= 0.3 is 18.9 Å². The number of hydrogen-bond donors (Lipinski definition) is 2. The van der Waals surface area contributed by atoms with Gasteiger partial charge in [0.2, 0.25) is 0 Å². The van der Waals surface area contributed by atoms with Gasteiger partial charge in [-0.25, -0.2) is 0 Å². The van der Waals surface area contributed by atoms with E-state index in [1.807, 2.05) is 0 Å². The van der Waals surface area contributed by atoms with Crippen molar-refractivity contribution in [2.75, 3.05) is 13.1 Å². The van der Waals surface area contributed by atoms with Crippen LogP contribution in [0.3, 0.4) is 0 Å². The summed E-state index contributed by atoms with van der Waals surface area (Å²) in [6.45, 7) is 4.75. The average Bonchev–Trinajstić information content (AvgIpc) is 2.18. The van der Waals surface area contributed by atoms with Gasteiger partial charge in [-0.05, 0) is 25.3 Å². The molecule has 0 saturated carbocycles. The molecule has 3 unspecified atom stereocenters. The van der Waals surface area contributed by atoms with Gasteiger partial charge in [-0.1, -0.05) is 6.92 Å². The van der Waals surface area contributed by atoms with Gasteiger partial charge in [0.1, 0.15) is 0 Å². The Morgan fingerprint density at radius 2 is 2.08 bits per heavy atom. The van der Waals surface area contributed by atoms with Gasteiger partial charge in [0.05, 0.1) is 0 Å². The van der Waals surface area contributed by atoms with Crippen LogP contribution in [0.2, 0.25) is 0 Å². The van der Waals surface area contributed by atoms with Gasteiger partial charge < -0.3 is 10.6 Å². The second-order valence-electron chi connectivity index (χ2n) is 3.68. The Bertz CT molecular complexity index is 134. The molecule has 0 aromatic carbocycles. The van der Waals surface area contributed by atoms with Crippen LogP contribution in [-0.4, -0.2) is 61.4 Å². The van der Waals surface area contributed by atoms with E-state index in [1.165, 1.54) is 25.9 Å². The molecular weight excluding hydrogens is 158 g/mol. The molecule has 0 radical (unpaired) electrons. The number of hydrogen-bond acceptors (Lipinski definition) is 2. The van der Waals surface area contributed by atoms with Gasteiger partial charge in [-0.3, -0.25) is 0 Å². The molecule has 2 aliphatic heterocycles. The third kappa shape index (κ3) is 2.78. The summed E-state index contributed by atoms with van der Waals surface area (Å²) in [5, 5.41) is 7.08. The van der Waals surface area contributed by atoms with Crippen molar-refractivity contribution in [3.8, 4) is 0 Å². The third-order valence-electron chi connectivity index (χ3n) is 2.82. The van der Waals surface area contributed by atoms with E-state index in [0.29, 0.717) is 0 Å². The van der Waals surface area contributed by atoms with Crippen molar-refractivity contribution in [2.45, 2.75) is 31.8 Å². The summed E-state index contributed by atoms with van der Waals surface area (Å²) in [6, 6.07) is 1.57. The second kappa shape index (κ2) is 5.71. The van der Waals surface area contributed by atoms with Crippen LogP contribution >= 0.6 is 0 Å². The second-order valence-corrected chi connectivity index (χ2v) is 3.68. The molecule has 2 heterocycles. The fourth-order valence-electron chi connectivity index (χ4n) is 2.19. The summed E-state index contributed by atoms with van der Waals surface area (Å²) in [5.41, 5.74) is 0. The van der Waals surface area contributed by atoms with Crippen molar-refractivity contribution in [3.05, 3.63) is 0 Å². The quantitative estimate of drug-likeness (QED) is 0.442. The van der Waals surface area contributed by atoms with E-state index >= 15 is 0 Å². The first kappa shape index (κ1) is 13.0. The van der Waals surface area contributed by atoms with Crippen LogP contribution < -0.4 is 10.6 Å². The molecule has 0 aliphatic carbocycles. The normalized spacial score (nSPS) is 39.2. The summed E-state index contributed by atoms with van der Waals surface area (Å²) in [7, 11) is 0. The van der Waals surface area contributed by atoms with Crippen molar-refractivity contribution >= 4 is 36.2 Å². The van der Waals surface area contributed by atoms with Gasteiger partial charge in [0.15, 0.2) is 17.4 Å². The van der Waals surface area contributed by atoms with Gasteiger partial charge in [-0.15, -0.1) is 0 Å². The Labute approximate surface area is 97.6 Å². The monoisotopic (exact) mass is 178 g/mol. The molecule has 12 heavy (non-hydrogen) atoms. The van der Waals surface area contributed by atoms with E-state index in [2.05, 4.69) is 17.6 Å². The molecule has 0 spiro atoms. The number of nitrogens with one attached hydrogen (secondary N) is 2. The topological polar surface area (TPSA) is 24.1 Å². The van der Waals surface area contributed by atoms with Gasteiger partial charge in [-0.2, -0.15) is 0 Å². The first-order chi connectivity index (χ1) is 4.86. The molecule has 2 aliphatic rings. The summed E-state index contributed by atoms with van der Waals surface area (Å²) in [5.74, 6) is 0.909. The molecule has 2 fully saturated rings. The number of fused-ring (bicyclic) bond motifs is 2. The molecule has 0 aromatic rings. The minimum absolute atomic E-state index is 0. The fraction of sp³-hybridized carbons (Fsp3) is 1.00. The molecule has 2 N–H and O–H groups in total. The van der Waals surface area contributed by atoms with Crippen LogP contribution in [0.5, 0.6) is 0 Å². The molecule has 66 valence electrons. The van der Waals surface area contributed by atoms with Crippen LogP contribution in [0.15, 0.2) is 0 Å². The molecule has 3 atom stereocenters. The molecule has 2 rings (SSSR count). The predicted octanol–water partition coefficient (Wildman–Crippen LogP) is -1.49. The average molecular weight is 178 g/mol. The summed E-state index contributed by atoms with van der Waals surface area (Å²) in [6.07, 6.45) is 2.69. The Morgan fingerprint density at radius 3 is 2.83 bits per heavy atom. The predicted molar refractivity (Wildman–Crippen MR) is 59.1 cm³/mol. The van der Waals surface area contributed by atoms with Crippen LogP contribution in [0, 0.1) is 5.92 Å². The Kier molecular flexibility index (Phi) is 6.21. The van der Waals surface area contributed by atoms with Crippen LogP contribution in [0.1, 0.15) is 19.8 Å². The number of rotatable bonds is 0. The van der Waals surface area contributed by atoms with Crippen molar-refractivity contribution < 1.29 is 0 Å². The van der Waals surface area contributed by atoms with Crippen LogP contribution in [0.4, 0.5) is 0 Å². The first-order valence-electron chi connectivity index (χ1n) is 4.33. The summed E-state index contributed by atoms with van der Waals surface area (Å²) < 4.78 is 0. The van der Waals surface area contributed by atoms with Crippen molar-refractivity contribution in [1.82, 2.24) is 10.6 Å². The molecule has 0 amide bonds. The Hall–Kier alpha value is 1.05. The zero-order valence-electron chi connectivity index (χ0n) is 6.56. The van der Waals surface area contributed by atoms with E-state index in [1.54, 1.807) is 0 Å². The minimum atomic E-state index is 0. The third-order valence-corrected chi connectivity index (χ3v) is 2.82.